The second-order valence-corrected chi connectivity index (χ2v) is 8.88. The number of amides is 2. The van der Waals surface area contributed by atoms with Gasteiger partial charge in [-0.2, -0.15) is 0 Å². The quantitative estimate of drug-likeness (QED) is 0.406. The molecule has 2 amide bonds. The first-order valence-electron chi connectivity index (χ1n) is 11.0. The van der Waals surface area contributed by atoms with E-state index in [0.29, 0.717) is 39.7 Å². The van der Waals surface area contributed by atoms with Crippen molar-refractivity contribution in [2.45, 2.75) is 30.8 Å². The van der Waals surface area contributed by atoms with E-state index < -0.39 is 0 Å². The minimum Gasteiger partial charge on any atom is -0.493 e. The Balaban J connectivity index is 1.52. The van der Waals surface area contributed by atoms with Crippen molar-refractivity contribution in [1.82, 2.24) is 14.8 Å². The van der Waals surface area contributed by atoms with Crippen LogP contribution in [0.5, 0.6) is 17.2 Å². The highest BCUT2D eigenvalue weighted by atomic mass is 32.2. The van der Waals surface area contributed by atoms with Gasteiger partial charge in [0.05, 0.1) is 32.8 Å². The average Bonchev–Trinajstić information content (AvgIpc) is 3.60. The summed E-state index contributed by atoms with van der Waals surface area (Å²) in [5.74, 6) is 2.29. The van der Waals surface area contributed by atoms with Gasteiger partial charge in [0.15, 0.2) is 16.7 Å². The molecule has 3 aromatic rings. The van der Waals surface area contributed by atoms with Crippen LogP contribution in [0.25, 0.3) is 5.69 Å². The van der Waals surface area contributed by atoms with Gasteiger partial charge in [0.25, 0.3) is 0 Å². The SMILES string of the molecule is COc1cc(NC(=O)CSc2nnc(C3CC3)n2-c2cccc(NC(C)=O)c2)cc(OC)c1OC. The van der Waals surface area contributed by atoms with E-state index in [-0.39, 0.29) is 17.6 Å². The number of anilines is 2. The molecule has 0 radical (unpaired) electrons. The lowest BCUT2D eigenvalue weighted by molar-refractivity contribution is -0.114. The first-order chi connectivity index (χ1) is 16.9. The molecule has 2 aromatic carbocycles. The Labute approximate surface area is 207 Å². The molecule has 35 heavy (non-hydrogen) atoms. The van der Waals surface area contributed by atoms with Gasteiger partial charge in [-0.15, -0.1) is 10.2 Å². The minimum atomic E-state index is -0.223. The maximum absolute atomic E-state index is 12.8. The molecule has 11 heteroatoms. The van der Waals surface area contributed by atoms with Crippen LogP contribution in [-0.2, 0) is 9.59 Å². The van der Waals surface area contributed by atoms with Gasteiger partial charge in [0.1, 0.15) is 5.82 Å². The first kappa shape index (κ1) is 24.4. The van der Waals surface area contributed by atoms with Crippen LogP contribution < -0.4 is 24.8 Å². The molecule has 0 atom stereocenters. The fourth-order valence-corrected chi connectivity index (χ4v) is 4.39. The number of nitrogens with one attached hydrogen (secondary N) is 2. The number of hydrogen-bond donors (Lipinski definition) is 2. The summed E-state index contributed by atoms with van der Waals surface area (Å²) in [5, 5.41) is 15.0. The molecule has 4 rings (SSSR count). The summed E-state index contributed by atoms with van der Waals surface area (Å²) >= 11 is 1.29. The van der Waals surface area contributed by atoms with Crippen LogP contribution >= 0.6 is 11.8 Å². The van der Waals surface area contributed by atoms with Crippen molar-refractivity contribution in [3.63, 3.8) is 0 Å². The molecule has 1 aliphatic rings. The van der Waals surface area contributed by atoms with E-state index in [9.17, 15) is 9.59 Å². The number of rotatable bonds is 10. The lowest BCUT2D eigenvalue weighted by atomic mass is 10.2. The molecular formula is C24H27N5O5S. The van der Waals surface area contributed by atoms with Gasteiger partial charge in [0, 0.05) is 36.3 Å². The van der Waals surface area contributed by atoms with Crippen LogP contribution in [0.4, 0.5) is 11.4 Å². The summed E-state index contributed by atoms with van der Waals surface area (Å²) in [4.78, 5) is 24.3. The number of benzene rings is 2. The van der Waals surface area contributed by atoms with Crippen LogP contribution in [0.3, 0.4) is 0 Å². The molecule has 0 aliphatic heterocycles. The molecule has 2 N–H and O–H groups in total. The Morgan fingerprint density at radius 2 is 1.71 bits per heavy atom. The molecule has 1 saturated carbocycles. The molecule has 0 saturated heterocycles. The molecule has 1 aliphatic carbocycles. The maximum atomic E-state index is 12.8. The number of carbonyl (C=O) groups excluding carboxylic acids is 2. The lowest BCUT2D eigenvalue weighted by Crippen LogP contribution is -2.15. The Hall–Kier alpha value is -3.73. The van der Waals surface area contributed by atoms with Crippen molar-refractivity contribution in [1.29, 1.82) is 0 Å². The summed E-state index contributed by atoms with van der Waals surface area (Å²) in [6.07, 6.45) is 2.10. The lowest BCUT2D eigenvalue weighted by Gasteiger charge is -2.14. The Morgan fingerprint density at radius 3 is 2.31 bits per heavy atom. The van der Waals surface area contributed by atoms with Gasteiger partial charge in [-0.05, 0) is 31.0 Å². The zero-order chi connectivity index (χ0) is 24.9. The van der Waals surface area contributed by atoms with E-state index in [1.165, 1.54) is 40.0 Å². The normalized spacial score (nSPS) is 12.7. The van der Waals surface area contributed by atoms with Crippen molar-refractivity contribution in [3.8, 4) is 22.9 Å². The molecule has 0 bridgehead atoms. The zero-order valence-corrected chi connectivity index (χ0v) is 20.8. The molecule has 1 fully saturated rings. The largest absolute Gasteiger partial charge is 0.493 e. The number of thioether (sulfide) groups is 1. The van der Waals surface area contributed by atoms with Crippen LogP contribution in [-0.4, -0.2) is 53.7 Å². The van der Waals surface area contributed by atoms with E-state index >= 15 is 0 Å². The van der Waals surface area contributed by atoms with Crippen LogP contribution in [0.1, 0.15) is 31.5 Å². The highest BCUT2D eigenvalue weighted by molar-refractivity contribution is 7.99. The zero-order valence-electron chi connectivity index (χ0n) is 20.0. The second kappa shape index (κ2) is 10.7. The molecule has 1 aromatic heterocycles. The van der Waals surface area contributed by atoms with Gasteiger partial charge in [0.2, 0.25) is 17.6 Å². The monoisotopic (exact) mass is 497 g/mol. The number of methoxy groups -OCH3 is 3. The van der Waals surface area contributed by atoms with Gasteiger partial charge >= 0.3 is 0 Å². The summed E-state index contributed by atoms with van der Waals surface area (Å²) in [5.41, 5.74) is 2.03. The van der Waals surface area contributed by atoms with E-state index in [4.69, 9.17) is 14.2 Å². The Bertz CT molecular complexity index is 1220. The third-order valence-corrected chi connectivity index (χ3v) is 6.24. The van der Waals surface area contributed by atoms with Crippen molar-refractivity contribution >= 4 is 35.0 Å². The van der Waals surface area contributed by atoms with Gasteiger partial charge < -0.3 is 24.8 Å². The number of carbonyl (C=O) groups is 2. The highest BCUT2D eigenvalue weighted by Crippen LogP contribution is 2.42. The van der Waals surface area contributed by atoms with Crippen molar-refractivity contribution in [2.75, 3.05) is 37.7 Å². The van der Waals surface area contributed by atoms with Gasteiger partial charge in [-0.3, -0.25) is 14.2 Å². The van der Waals surface area contributed by atoms with Crippen LogP contribution in [0.15, 0.2) is 41.6 Å². The van der Waals surface area contributed by atoms with E-state index in [1.54, 1.807) is 12.1 Å². The molecule has 1 heterocycles. The summed E-state index contributed by atoms with van der Waals surface area (Å²) in [6.45, 7) is 1.47. The summed E-state index contributed by atoms with van der Waals surface area (Å²) in [6, 6.07) is 10.8. The fourth-order valence-electron chi connectivity index (χ4n) is 3.63. The van der Waals surface area contributed by atoms with E-state index in [1.807, 2.05) is 28.8 Å². The van der Waals surface area contributed by atoms with Gasteiger partial charge in [-0.25, -0.2) is 0 Å². The van der Waals surface area contributed by atoms with Crippen LogP contribution in [0.2, 0.25) is 0 Å². The van der Waals surface area contributed by atoms with Crippen molar-refractivity contribution < 1.29 is 23.8 Å². The number of hydrogen-bond acceptors (Lipinski definition) is 8. The Kier molecular flexibility index (Phi) is 7.45. The third kappa shape index (κ3) is 5.68. The highest BCUT2D eigenvalue weighted by Gasteiger charge is 2.31. The van der Waals surface area contributed by atoms with E-state index in [0.717, 1.165) is 24.4 Å². The molecule has 0 spiro atoms. The van der Waals surface area contributed by atoms with Crippen LogP contribution in [0, 0.1) is 0 Å². The average molecular weight is 498 g/mol. The minimum absolute atomic E-state index is 0.116. The standard InChI is InChI=1S/C24H27N5O5S/c1-14(30)25-16-6-5-7-18(10-16)29-23(15-8-9-15)27-28-24(29)35-13-21(31)26-17-11-19(32-2)22(34-4)20(12-17)33-3/h5-7,10-12,15H,8-9,13H2,1-4H3,(H,25,30)(H,26,31). The molecular weight excluding hydrogens is 470 g/mol. The topological polar surface area (TPSA) is 117 Å². The predicted molar refractivity (Wildman–Crippen MR) is 133 cm³/mol. The molecule has 184 valence electrons. The number of nitrogens with zero attached hydrogens (tertiary/aromatic N) is 3. The maximum Gasteiger partial charge on any atom is 0.234 e. The number of ether oxygens (including phenoxy) is 3. The third-order valence-electron chi connectivity index (χ3n) is 5.31. The summed E-state index contributed by atoms with van der Waals surface area (Å²) < 4.78 is 18.0. The van der Waals surface area contributed by atoms with Crippen molar-refractivity contribution in [2.24, 2.45) is 0 Å². The molecule has 10 nitrogen and oxygen atoms in total. The Morgan fingerprint density at radius 1 is 1.00 bits per heavy atom. The first-order valence-corrected chi connectivity index (χ1v) is 12.0. The number of aromatic nitrogens is 3. The smallest absolute Gasteiger partial charge is 0.234 e. The van der Waals surface area contributed by atoms with E-state index in [2.05, 4.69) is 20.8 Å². The van der Waals surface area contributed by atoms with Crippen molar-refractivity contribution in [3.05, 3.63) is 42.2 Å². The predicted octanol–water partition coefficient (Wildman–Crippen LogP) is 3.86. The van der Waals surface area contributed by atoms with Gasteiger partial charge in [-0.1, -0.05) is 17.8 Å². The second-order valence-electron chi connectivity index (χ2n) is 7.93. The molecule has 0 unspecified atom stereocenters. The fraction of sp³-hybridized carbons (Fsp3) is 0.333. The summed E-state index contributed by atoms with van der Waals surface area (Å²) in [7, 11) is 4.56.